The fourth-order valence-electron chi connectivity index (χ4n) is 2.75. The first-order chi connectivity index (χ1) is 10.7. The van der Waals surface area contributed by atoms with Crippen molar-refractivity contribution in [3.05, 3.63) is 52.7 Å². The number of ether oxygens (including phenoxy) is 1. The molecule has 2 aromatic rings. The number of nitrogens with zero attached hydrogens (tertiary/aromatic N) is 2. The Labute approximate surface area is 136 Å². The first-order valence-corrected chi connectivity index (χ1v) is 8.08. The van der Waals surface area contributed by atoms with Crippen molar-refractivity contribution < 1.29 is 9.15 Å². The molecule has 0 aromatic carbocycles. The van der Waals surface area contributed by atoms with Crippen molar-refractivity contribution in [1.29, 1.82) is 0 Å². The molecule has 0 radical (unpaired) electrons. The lowest BCUT2D eigenvalue weighted by Crippen LogP contribution is -2.17. The van der Waals surface area contributed by atoms with E-state index in [1.165, 1.54) is 6.42 Å². The van der Waals surface area contributed by atoms with Crippen molar-refractivity contribution in [2.75, 3.05) is 13.7 Å². The highest BCUT2D eigenvalue weighted by Crippen LogP contribution is 2.29. The lowest BCUT2D eigenvalue weighted by atomic mass is 10.1. The van der Waals surface area contributed by atoms with E-state index in [4.69, 9.17) is 20.8 Å². The zero-order chi connectivity index (χ0) is 15.4. The van der Waals surface area contributed by atoms with Crippen LogP contribution in [0.3, 0.4) is 0 Å². The predicted octanol–water partition coefficient (Wildman–Crippen LogP) is 4.20. The van der Waals surface area contributed by atoms with Crippen LogP contribution < -0.4 is 0 Å². The van der Waals surface area contributed by atoms with Gasteiger partial charge in [-0.05, 0) is 50.1 Å². The SMILES string of the molecule is CN(Cc1ccc(Cl)nc1)Cc1ccc([C@@H]2CCCCO2)o1. The molecule has 0 aliphatic carbocycles. The Balaban J connectivity index is 1.56. The second-order valence-electron chi connectivity index (χ2n) is 5.82. The van der Waals surface area contributed by atoms with Gasteiger partial charge in [-0.15, -0.1) is 0 Å². The normalized spacial score (nSPS) is 18.8. The molecule has 1 fully saturated rings. The van der Waals surface area contributed by atoms with Crippen molar-refractivity contribution in [1.82, 2.24) is 9.88 Å². The van der Waals surface area contributed by atoms with Crippen LogP contribution in [0.4, 0.5) is 0 Å². The topological polar surface area (TPSA) is 38.5 Å². The van der Waals surface area contributed by atoms with Crippen LogP contribution >= 0.6 is 11.6 Å². The van der Waals surface area contributed by atoms with Crippen molar-refractivity contribution in [2.24, 2.45) is 0 Å². The van der Waals surface area contributed by atoms with Gasteiger partial charge < -0.3 is 9.15 Å². The molecule has 3 heterocycles. The molecule has 5 heteroatoms. The Kier molecular flexibility index (Phi) is 5.13. The fourth-order valence-corrected chi connectivity index (χ4v) is 2.86. The molecule has 0 unspecified atom stereocenters. The Hall–Kier alpha value is -1.36. The predicted molar refractivity (Wildman–Crippen MR) is 85.7 cm³/mol. The monoisotopic (exact) mass is 320 g/mol. The van der Waals surface area contributed by atoms with Crippen molar-refractivity contribution in [3.8, 4) is 0 Å². The van der Waals surface area contributed by atoms with Crippen LogP contribution in [-0.2, 0) is 17.8 Å². The third-order valence-electron chi connectivity index (χ3n) is 3.85. The van der Waals surface area contributed by atoms with E-state index in [0.717, 1.165) is 49.6 Å². The summed E-state index contributed by atoms with van der Waals surface area (Å²) in [6, 6.07) is 7.90. The number of furan rings is 1. The molecule has 0 bridgehead atoms. The van der Waals surface area contributed by atoms with E-state index in [1.54, 1.807) is 0 Å². The quantitative estimate of drug-likeness (QED) is 0.774. The first-order valence-electron chi connectivity index (χ1n) is 7.70. The molecule has 3 rings (SSSR count). The van der Waals surface area contributed by atoms with Crippen LogP contribution in [0.25, 0.3) is 0 Å². The molecule has 1 saturated heterocycles. The van der Waals surface area contributed by atoms with Gasteiger partial charge in [-0.2, -0.15) is 0 Å². The van der Waals surface area contributed by atoms with E-state index < -0.39 is 0 Å². The molecule has 1 aliphatic heterocycles. The highest BCUT2D eigenvalue weighted by Gasteiger charge is 2.19. The smallest absolute Gasteiger partial charge is 0.133 e. The molecule has 118 valence electrons. The van der Waals surface area contributed by atoms with E-state index in [2.05, 4.69) is 16.9 Å². The summed E-state index contributed by atoms with van der Waals surface area (Å²) in [5.74, 6) is 1.92. The zero-order valence-corrected chi connectivity index (χ0v) is 13.6. The molecule has 1 aliphatic rings. The summed E-state index contributed by atoms with van der Waals surface area (Å²) in [5, 5.41) is 0.523. The summed E-state index contributed by atoms with van der Waals surface area (Å²) < 4.78 is 11.7. The van der Waals surface area contributed by atoms with Crippen molar-refractivity contribution in [2.45, 2.75) is 38.5 Å². The van der Waals surface area contributed by atoms with Gasteiger partial charge in [-0.3, -0.25) is 4.90 Å². The summed E-state index contributed by atoms with van der Waals surface area (Å²) in [7, 11) is 2.06. The molecule has 4 nitrogen and oxygen atoms in total. The highest BCUT2D eigenvalue weighted by atomic mass is 35.5. The summed E-state index contributed by atoms with van der Waals surface area (Å²) >= 11 is 5.80. The van der Waals surface area contributed by atoms with E-state index >= 15 is 0 Å². The molecule has 0 N–H and O–H groups in total. The summed E-state index contributed by atoms with van der Waals surface area (Å²) in [6.07, 6.45) is 5.36. The van der Waals surface area contributed by atoms with Gasteiger partial charge in [0.05, 0.1) is 6.54 Å². The second kappa shape index (κ2) is 7.27. The largest absolute Gasteiger partial charge is 0.462 e. The van der Waals surface area contributed by atoms with Gasteiger partial charge in [0.25, 0.3) is 0 Å². The van der Waals surface area contributed by atoms with E-state index in [1.807, 2.05) is 30.5 Å². The zero-order valence-electron chi connectivity index (χ0n) is 12.8. The number of aromatic nitrogens is 1. The van der Waals surface area contributed by atoms with Gasteiger partial charge in [0, 0.05) is 19.3 Å². The average molecular weight is 321 g/mol. The summed E-state index contributed by atoms with van der Waals surface area (Å²) in [6.45, 7) is 2.40. The van der Waals surface area contributed by atoms with Crippen LogP contribution in [0.5, 0.6) is 0 Å². The van der Waals surface area contributed by atoms with Crippen molar-refractivity contribution >= 4 is 11.6 Å². The third kappa shape index (κ3) is 4.09. The Morgan fingerprint density at radius 3 is 2.86 bits per heavy atom. The standard InChI is InChI=1S/C17H21ClN2O2/c1-20(11-13-5-8-17(18)19-10-13)12-14-6-7-16(22-14)15-4-2-3-9-21-15/h5-8,10,15H,2-4,9,11-12H2,1H3/t15-/m0/s1. The lowest BCUT2D eigenvalue weighted by molar-refractivity contribution is 0.000907. The molecule has 1 atom stereocenters. The Bertz CT molecular complexity index is 591. The maximum atomic E-state index is 5.95. The minimum Gasteiger partial charge on any atom is -0.462 e. The van der Waals surface area contributed by atoms with Crippen LogP contribution in [0.1, 0.15) is 42.5 Å². The van der Waals surface area contributed by atoms with Gasteiger partial charge in [0.2, 0.25) is 0 Å². The number of halogens is 1. The number of pyridine rings is 1. The summed E-state index contributed by atoms with van der Waals surface area (Å²) in [4.78, 5) is 6.29. The third-order valence-corrected chi connectivity index (χ3v) is 4.07. The molecule has 0 saturated carbocycles. The minimum absolute atomic E-state index is 0.133. The van der Waals surface area contributed by atoms with Crippen LogP contribution in [0, 0.1) is 0 Å². The fraction of sp³-hybridized carbons (Fsp3) is 0.471. The van der Waals surface area contributed by atoms with Crippen LogP contribution in [-0.4, -0.2) is 23.5 Å². The van der Waals surface area contributed by atoms with Crippen LogP contribution in [0.2, 0.25) is 5.15 Å². The maximum absolute atomic E-state index is 5.95. The van der Waals surface area contributed by atoms with Gasteiger partial charge in [-0.1, -0.05) is 17.7 Å². The molecule has 0 spiro atoms. The second-order valence-corrected chi connectivity index (χ2v) is 6.21. The van der Waals surface area contributed by atoms with Crippen LogP contribution in [0.15, 0.2) is 34.9 Å². The van der Waals surface area contributed by atoms with Gasteiger partial charge in [0.15, 0.2) is 0 Å². The number of rotatable bonds is 5. The summed E-state index contributed by atoms with van der Waals surface area (Å²) in [5.41, 5.74) is 1.13. The van der Waals surface area contributed by atoms with E-state index in [9.17, 15) is 0 Å². The van der Waals surface area contributed by atoms with Gasteiger partial charge in [-0.25, -0.2) is 4.98 Å². The van der Waals surface area contributed by atoms with Gasteiger partial charge in [0.1, 0.15) is 22.8 Å². The minimum atomic E-state index is 0.133. The number of hydrogen-bond donors (Lipinski definition) is 0. The lowest BCUT2D eigenvalue weighted by Gasteiger charge is -2.20. The van der Waals surface area contributed by atoms with E-state index in [-0.39, 0.29) is 6.10 Å². The molecular weight excluding hydrogens is 300 g/mol. The maximum Gasteiger partial charge on any atom is 0.133 e. The van der Waals surface area contributed by atoms with E-state index in [0.29, 0.717) is 5.15 Å². The molecule has 22 heavy (non-hydrogen) atoms. The first kappa shape index (κ1) is 15.5. The average Bonchev–Trinajstić information content (AvgIpc) is 2.99. The molecular formula is C17H21ClN2O2. The Morgan fingerprint density at radius 2 is 2.14 bits per heavy atom. The highest BCUT2D eigenvalue weighted by molar-refractivity contribution is 6.29. The van der Waals surface area contributed by atoms with Gasteiger partial charge >= 0.3 is 0 Å². The molecule has 0 amide bonds. The molecule has 2 aromatic heterocycles. The number of hydrogen-bond acceptors (Lipinski definition) is 4. The van der Waals surface area contributed by atoms with Crippen molar-refractivity contribution in [3.63, 3.8) is 0 Å². The Morgan fingerprint density at radius 1 is 1.23 bits per heavy atom.